The maximum Gasteiger partial charge on any atom is 0.316 e. The van der Waals surface area contributed by atoms with Crippen LogP contribution < -0.4 is 19.3 Å². The molecule has 0 spiro atoms. The van der Waals surface area contributed by atoms with E-state index in [0.717, 1.165) is 0 Å². The molecule has 0 unspecified atom stereocenters. The highest BCUT2D eigenvalue weighted by atomic mass is 16.5. The Morgan fingerprint density at radius 1 is 0.914 bits per heavy atom. The molecule has 0 saturated carbocycles. The summed E-state index contributed by atoms with van der Waals surface area (Å²) in [4.78, 5) is 53.9. The largest absolute Gasteiger partial charge is 0.497 e. The van der Waals surface area contributed by atoms with Crippen LogP contribution in [0.15, 0.2) is 60.7 Å². The molecule has 2 aromatic carbocycles. The molecule has 2 saturated heterocycles. The Balaban J connectivity index is 1.24. The minimum absolute atomic E-state index is 0.0158. The second-order valence-electron chi connectivity index (χ2n) is 9.19. The van der Waals surface area contributed by atoms with E-state index in [-0.39, 0.29) is 48.4 Å². The first kappa shape index (κ1) is 22.8. The summed E-state index contributed by atoms with van der Waals surface area (Å²) in [6.07, 6.45) is 4.59. The molecule has 3 amide bonds. The van der Waals surface area contributed by atoms with Crippen LogP contribution >= 0.6 is 0 Å². The van der Waals surface area contributed by atoms with Crippen LogP contribution in [0.4, 0.5) is 11.4 Å². The summed E-state index contributed by atoms with van der Waals surface area (Å²) in [5.41, 5.74) is 1.16. The van der Waals surface area contributed by atoms with Gasteiger partial charge in [-0.2, -0.15) is 0 Å². The highest BCUT2D eigenvalue weighted by molar-refractivity contribution is 6.22. The Bertz CT molecular complexity index is 1200. The van der Waals surface area contributed by atoms with E-state index in [1.165, 1.54) is 4.90 Å². The number of allylic oxidation sites excluding steroid dienone is 2. The Labute approximate surface area is 203 Å². The minimum Gasteiger partial charge on any atom is -0.497 e. The van der Waals surface area contributed by atoms with Gasteiger partial charge in [-0.05, 0) is 60.9 Å². The normalized spacial score (nSPS) is 25.7. The van der Waals surface area contributed by atoms with E-state index in [1.807, 2.05) is 19.1 Å². The van der Waals surface area contributed by atoms with Crippen molar-refractivity contribution in [3.8, 4) is 11.5 Å². The summed E-state index contributed by atoms with van der Waals surface area (Å²) in [7, 11) is 1.57. The number of rotatable bonds is 5. The van der Waals surface area contributed by atoms with Crippen LogP contribution in [-0.4, -0.2) is 37.3 Å². The molecule has 0 bridgehead atoms. The fourth-order valence-electron chi connectivity index (χ4n) is 5.14. The maximum atomic E-state index is 13.0. The third-order valence-corrected chi connectivity index (χ3v) is 7.03. The third-order valence-electron chi connectivity index (χ3n) is 7.03. The van der Waals surface area contributed by atoms with Crippen LogP contribution in [0.5, 0.6) is 11.5 Å². The van der Waals surface area contributed by atoms with Gasteiger partial charge in [-0.3, -0.25) is 24.1 Å². The summed E-state index contributed by atoms with van der Waals surface area (Å²) in [6, 6.07) is 13.4. The number of ether oxygens (including phenoxy) is 2. The van der Waals surface area contributed by atoms with Crippen LogP contribution in [0.25, 0.3) is 0 Å². The molecule has 8 nitrogen and oxygen atoms in total. The zero-order valence-corrected chi connectivity index (χ0v) is 19.5. The highest BCUT2D eigenvalue weighted by Gasteiger charge is 2.50. The van der Waals surface area contributed by atoms with Crippen LogP contribution in [0, 0.1) is 23.7 Å². The van der Waals surface area contributed by atoms with E-state index in [1.54, 1.807) is 60.5 Å². The summed E-state index contributed by atoms with van der Waals surface area (Å²) >= 11 is 0. The molecule has 1 aliphatic carbocycles. The summed E-state index contributed by atoms with van der Waals surface area (Å²) < 4.78 is 10.7. The van der Waals surface area contributed by atoms with Gasteiger partial charge in [0.1, 0.15) is 11.5 Å². The Hall–Kier alpha value is -3.94. The number of anilines is 2. The zero-order valence-electron chi connectivity index (χ0n) is 19.5. The summed E-state index contributed by atoms with van der Waals surface area (Å²) in [5.74, 6) is -1.29. The average Bonchev–Trinajstić information content (AvgIpc) is 3.38. The van der Waals surface area contributed by atoms with E-state index in [0.29, 0.717) is 29.3 Å². The molecule has 3 aliphatic rings. The lowest BCUT2D eigenvalue weighted by atomic mass is 9.78. The number of fused-ring (bicyclic) bond motifs is 1. The first-order valence-electron chi connectivity index (χ1n) is 11.7. The van der Waals surface area contributed by atoms with E-state index in [2.05, 4.69) is 0 Å². The zero-order chi connectivity index (χ0) is 24.7. The first-order chi connectivity index (χ1) is 16.9. The fourth-order valence-corrected chi connectivity index (χ4v) is 5.14. The SMILES string of the molecule is COc1ccc(N2C[C@H](C(=O)Oc3ccc(N4C(=O)[C@@H]5[C@@H](C)C=CC[C@H]5C4=O)cc3)CC2=O)cc1. The molecule has 4 atom stereocenters. The maximum absolute atomic E-state index is 13.0. The van der Waals surface area contributed by atoms with Crippen molar-refractivity contribution < 1.29 is 28.7 Å². The number of esters is 1. The van der Waals surface area contributed by atoms with E-state index in [9.17, 15) is 19.2 Å². The summed E-state index contributed by atoms with van der Waals surface area (Å²) in [6.45, 7) is 2.18. The van der Waals surface area contributed by atoms with Crippen LogP contribution in [0.2, 0.25) is 0 Å². The predicted molar refractivity (Wildman–Crippen MR) is 128 cm³/mol. The van der Waals surface area contributed by atoms with Crippen molar-refractivity contribution in [3.63, 3.8) is 0 Å². The van der Waals surface area contributed by atoms with Gasteiger partial charge in [0, 0.05) is 18.7 Å². The molecule has 2 aliphatic heterocycles. The monoisotopic (exact) mass is 474 g/mol. The molecule has 35 heavy (non-hydrogen) atoms. The predicted octanol–water partition coefficient (Wildman–Crippen LogP) is 3.36. The van der Waals surface area contributed by atoms with Gasteiger partial charge in [-0.15, -0.1) is 0 Å². The van der Waals surface area contributed by atoms with Crippen molar-refractivity contribution in [2.24, 2.45) is 23.7 Å². The van der Waals surface area contributed by atoms with Gasteiger partial charge in [0.15, 0.2) is 0 Å². The highest BCUT2D eigenvalue weighted by Crippen LogP contribution is 2.40. The van der Waals surface area contributed by atoms with Gasteiger partial charge in [0.25, 0.3) is 0 Å². The second-order valence-corrected chi connectivity index (χ2v) is 9.19. The topological polar surface area (TPSA) is 93.2 Å². The molecule has 8 heteroatoms. The average molecular weight is 475 g/mol. The van der Waals surface area contributed by atoms with Crippen LogP contribution in [-0.2, 0) is 19.2 Å². The van der Waals surface area contributed by atoms with E-state index >= 15 is 0 Å². The summed E-state index contributed by atoms with van der Waals surface area (Å²) in [5, 5.41) is 0. The molecule has 0 radical (unpaired) electrons. The van der Waals surface area contributed by atoms with Crippen molar-refractivity contribution in [1.82, 2.24) is 0 Å². The lowest BCUT2D eigenvalue weighted by Crippen LogP contribution is -2.31. The van der Waals surface area contributed by atoms with Crippen LogP contribution in [0.1, 0.15) is 19.8 Å². The van der Waals surface area contributed by atoms with Gasteiger partial charge in [0.05, 0.1) is 30.6 Å². The van der Waals surface area contributed by atoms with Crippen molar-refractivity contribution in [3.05, 3.63) is 60.7 Å². The quantitative estimate of drug-likeness (QED) is 0.286. The molecule has 2 heterocycles. The van der Waals surface area contributed by atoms with Crippen molar-refractivity contribution >= 4 is 35.1 Å². The number of imide groups is 1. The molecule has 180 valence electrons. The lowest BCUT2D eigenvalue weighted by Gasteiger charge is -2.22. The smallest absolute Gasteiger partial charge is 0.316 e. The number of methoxy groups -OCH3 is 1. The first-order valence-corrected chi connectivity index (χ1v) is 11.7. The lowest BCUT2D eigenvalue weighted by molar-refractivity contribution is -0.139. The van der Waals surface area contributed by atoms with Gasteiger partial charge in [0.2, 0.25) is 17.7 Å². The van der Waals surface area contributed by atoms with E-state index < -0.39 is 11.9 Å². The molecule has 2 fully saturated rings. The Morgan fingerprint density at radius 2 is 1.57 bits per heavy atom. The molecule has 2 aromatic rings. The Morgan fingerprint density at radius 3 is 2.23 bits per heavy atom. The second kappa shape index (κ2) is 9.02. The van der Waals surface area contributed by atoms with Gasteiger partial charge in [-0.25, -0.2) is 0 Å². The molecule has 0 N–H and O–H groups in total. The van der Waals surface area contributed by atoms with Gasteiger partial charge >= 0.3 is 5.97 Å². The molecule has 0 aromatic heterocycles. The number of benzene rings is 2. The minimum atomic E-state index is -0.594. The number of carbonyl (C=O) groups is 4. The number of carbonyl (C=O) groups excluding carboxylic acids is 4. The number of hydrogen-bond acceptors (Lipinski definition) is 6. The Kier molecular flexibility index (Phi) is 5.88. The standard InChI is InChI=1S/C27H26N2O6/c1-16-4-3-5-22-24(16)26(32)29(25(22)31)19-8-12-21(13-9-19)35-27(33)17-14-23(30)28(15-17)18-6-10-20(34-2)11-7-18/h3-4,6-13,16-17,22,24H,5,14-15H2,1-2H3/t16-,17+,22+,24+/m0/s1. The molecular formula is C27H26N2O6. The molecular weight excluding hydrogens is 448 g/mol. The fraction of sp³-hybridized carbons (Fsp3) is 0.333. The van der Waals surface area contributed by atoms with Crippen molar-refractivity contribution in [2.45, 2.75) is 19.8 Å². The third kappa shape index (κ3) is 4.09. The van der Waals surface area contributed by atoms with Crippen molar-refractivity contribution in [2.75, 3.05) is 23.5 Å². The van der Waals surface area contributed by atoms with Gasteiger partial charge < -0.3 is 14.4 Å². The molecule has 5 rings (SSSR count). The van der Waals surface area contributed by atoms with Crippen LogP contribution in [0.3, 0.4) is 0 Å². The number of hydrogen-bond donors (Lipinski definition) is 0. The van der Waals surface area contributed by atoms with Gasteiger partial charge in [-0.1, -0.05) is 19.1 Å². The number of amides is 3. The van der Waals surface area contributed by atoms with E-state index in [4.69, 9.17) is 9.47 Å². The number of nitrogens with zero attached hydrogens (tertiary/aromatic N) is 2. The van der Waals surface area contributed by atoms with Crippen molar-refractivity contribution in [1.29, 1.82) is 0 Å².